The van der Waals surface area contributed by atoms with Gasteiger partial charge in [-0.05, 0) is 24.1 Å². The highest BCUT2D eigenvalue weighted by Crippen LogP contribution is 2.16. The summed E-state index contributed by atoms with van der Waals surface area (Å²) in [7, 11) is 1.34. The number of hydrogen-bond acceptors (Lipinski definition) is 3. The summed E-state index contributed by atoms with van der Waals surface area (Å²) in [4.78, 5) is 11.2. The molecule has 0 saturated carbocycles. The summed E-state index contributed by atoms with van der Waals surface area (Å²) in [5.74, 6) is 0.194. The molecule has 0 fully saturated rings. The molecule has 0 aliphatic heterocycles. The fourth-order valence-electron chi connectivity index (χ4n) is 1.24. The van der Waals surface area contributed by atoms with Crippen LogP contribution in [0.2, 0.25) is 0 Å². The molecule has 1 aromatic carbocycles. The Kier molecular flexibility index (Phi) is 4.86. The lowest BCUT2D eigenvalue weighted by atomic mass is 10.1. The molecule has 4 heteroatoms. The van der Waals surface area contributed by atoms with Crippen LogP contribution in [0.3, 0.4) is 0 Å². The molecule has 86 valence electrons. The summed E-state index contributed by atoms with van der Waals surface area (Å²) >= 11 is 5.55. The largest absolute Gasteiger partial charge is 0.465 e. The summed E-state index contributed by atoms with van der Waals surface area (Å²) < 4.78 is 4.60. The molecule has 0 atom stereocenters. The lowest BCUT2D eigenvalue weighted by Crippen LogP contribution is -2.02. The summed E-state index contributed by atoms with van der Waals surface area (Å²) in [6.07, 6.45) is 4.62. The number of alkyl halides is 1. The Labute approximate surface area is 99.8 Å². The first kappa shape index (κ1) is 12.6. The minimum atomic E-state index is -0.386. The number of rotatable bonds is 4. The third kappa shape index (κ3) is 3.28. The highest BCUT2D eigenvalue weighted by atomic mass is 35.5. The van der Waals surface area contributed by atoms with Gasteiger partial charge in [-0.3, -0.25) is 0 Å². The van der Waals surface area contributed by atoms with Gasteiger partial charge in [0.2, 0.25) is 0 Å². The van der Waals surface area contributed by atoms with Crippen LogP contribution in [-0.4, -0.2) is 19.0 Å². The van der Waals surface area contributed by atoms with E-state index in [1.165, 1.54) is 7.11 Å². The summed E-state index contributed by atoms with van der Waals surface area (Å²) in [6, 6.07) is 5.07. The molecule has 0 aliphatic carbocycles. The van der Waals surface area contributed by atoms with E-state index in [9.17, 15) is 4.79 Å². The number of anilines is 1. The third-order valence-corrected chi connectivity index (χ3v) is 2.30. The Bertz CT molecular complexity index is 402. The molecule has 0 spiro atoms. The summed E-state index contributed by atoms with van der Waals surface area (Å²) in [5.41, 5.74) is 7.68. The van der Waals surface area contributed by atoms with Gasteiger partial charge >= 0.3 is 5.97 Å². The van der Waals surface area contributed by atoms with Crippen LogP contribution in [0.15, 0.2) is 24.3 Å². The van der Waals surface area contributed by atoms with Gasteiger partial charge in [-0.25, -0.2) is 4.79 Å². The number of esters is 1. The minimum absolute atomic E-state index is 0.386. The Morgan fingerprint density at radius 2 is 2.31 bits per heavy atom. The Morgan fingerprint density at radius 1 is 1.56 bits per heavy atom. The van der Waals surface area contributed by atoms with Crippen LogP contribution in [0.25, 0.3) is 6.08 Å². The van der Waals surface area contributed by atoms with Crippen molar-refractivity contribution in [3.63, 3.8) is 0 Å². The molecule has 16 heavy (non-hydrogen) atoms. The standard InChI is InChI=1S/C12H14ClNO2/c1-16-12(15)10-6-5-9(11(14)8-10)4-2-3-7-13/h2,4-6,8H,3,7,14H2,1H3. The number of methoxy groups -OCH3 is 1. The van der Waals surface area contributed by atoms with Gasteiger partial charge in [0, 0.05) is 11.6 Å². The Hall–Kier alpha value is -1.48. The normalized spacial score (nSPS) is 10.6. The van der Waals surface area contributed by atoms with Crippen LogP contribution in [0.1, 0.15) is 22.3 Å². The number of benzene rings is 1. The van der Waals surface area contributed by atoms with E-state index in [2.05, 4.69) is 4.74 Å². The maximum absolute atomic E-state index is 11.2. The second-order valence-corrected chi connectivity index (χ2v) is 3.59. The molecule has 2 N–H and O–H groups in total. The van der Waals surface area contributed by atoms with E-state index in [1.54, 1.807) is 18.2 Å². The van der Waals surface area contributed by atoms with Gasteiger partial charge in [0.15, 0.2) is 0 Å². The van der Waals surface area contributed by atoms with E-state index in [0.717, 1.165) is 12.0 Å². The zero-order valence-corrected chi connectivity index (χ0v) is 9.83. The highest BCUT2D eigenvalue weighted by Gasteiger charge is 2.06. The molecule has 1 aromatic rings. The first-order chi connectivity index (χ1) is 7.69. The predicted octanol–water partition coefficient (Wildman–Crippen LogP) is 2.70. The maximum atomic E-state index is 11.2. The number of allylic oxidation sites excluding steroid dienone is 1. The van der Waals surface area contributed by atoms with Crippen LogP contribution in [0, 0.1) is 0 Å². The summed E-state index contributed by atoms with van der Waals surface area (Å²) in [6.45, 7) is 0. The fraction of sp³-hybridized carbons (Fsp3) is 0.250. The van der Waals surface area contributed by atoms with Gasteiger partial charge in [-0.2, -0.15) is 0 Å². The van der Waals surface area contributed by atoms with E-state index >= 15 is 0 Å². The first-order valence-corrected chi connectivity index (χ1v) is 5.43. The first-order valence-electron chi connectivity index (χ1n) is 4.89. The number of halogens is 1. The Balaban J connectivity index is 2.87. The summed E-state index contributed by atoms with van der Waals surface area (Å²) in [5, 5.41) is 0. The smallest absolute Gasteiger partial charge is 0.337 e. The molecule has 0 radical (unpaired) electrons. The predicted molar refractivity (Wildman–Crippen MR) is 66.6 cm³/mol. The van der Waals surface area contributed by atoms with Crippen molar-refractivity contribution in [2.75, 3.05) is 18.7 Å². The SMILES string of the molecule is COC(=O)c1ccc(C=CCCCl)c(N)c1. The number of carbonyl (C=O) groups is 1. The van der Waals surface area contributed by atoms with Crippen molar-refractivity contribution >= 4 is 29.3 Å². The van der Waals surface area contributed by atoms with E-state index in [1.807, 2.05) is 12.2 Å². The highest BCUT2D eigenvalue weighted by molar-refractivity contribution is 6.17. The van der Waals surface area contributed by atoms with Crippen molar-refractivity contribution in [2.45, 2.75) is 6.42 Å². The van der Waals surface area contributed by atoms with Crippen LogP contribution in [0.5, 0.6) is 0 Å². The van der Waals surface area contributed by atoms with Crippen molar-refractivity contribution in [3.8, 4) is 0 Å². The van der Waals surface area contributed by atoms with E-state index in [4.69, 9.17) is 17.3 Å². The molecule has 0 heterocycles. The molecule has 0 bridgehead atoms. The number of carbonyl (C=O) groups excluding carboxylic acids is 1. The third-order valence-electron chi connectivity index (χ3n) is 2.08. The second-order valence-electron chi connectivity index (χ2n) is 3.22. The molecule has 0 aromatic heterocycles. The van der Waals surface area contributed by atoms with E-state index in [-0.39, 0.29) is 5.97 Å². The van der Waals surface area contributed by atoms with Gasteiger partial charge in [-0.1, -0.05) is 18.2 Å². The van der Waals surface area contributed by atoms with E-state index < -0.39 is 0 Å². The van der Waals surface area contributed by atoms with Gasteiger partial charge in [0.05, 0.1) is 12.7 Å². The molecule has 3 nitrogen and oxygen atoms in total. The molecule has 0 saturated heterocycles. The molecular formula is C12H14ClNO2. The number of hydrogen-bond donors (Lipinski definition) is 1. The van der Waals surface area contributed by atoms with Crippen molar-refractivity contribution < 1.29 is 9.53 Å². The zero-order chi connectivity index (χ0) is 12.0. The number of ether oxygens (including phenoxy) is 1. The average Bonchev–Trinajstić information content (AvgIpc) is 2.30. The number of nitrogen functional groups attached to an aromatic ring is 1. The molecule has 0 aliphatic rings. The zero-order valence-electron chi connectivity index (χ0n) is 9.07. The van der Waals surface area contributed by atoms with Crippen molar-refractivity contribution in [2.24, 2.45) is 0 Å². The van der Waals surface area contributed by atoms with Gasteiger partial charge in [-0.15, -0.1) is 11.6 Å². The molecule has 1 rings (SSSR count). The minimum Gasteiger partial charge on any atom is -0.465 e. The maximum Gasteiger partial charge on any atom is 0.337 e. The molecule has 0 amide bonds. The Morgan fingerprint density at radius 3 is 2.88 bits per heavy atom. The van der Waals surface area contributed by atoms with Crippen molar-refractivity contribution in [1.29, 1.82) is 0 Å². The quantitative estimate of drug-likeness (QED) is 0.499. The van der Waals surface area contributed by atoms with Gasteiger partial charge < -0.3 is 10.5 Å². The van der Waals surface area contributed by atoms with Crippen molar-refractivity contribution in [1.82, 2.24) is 0 Å². The van der Waals surface area contributed by atoms with Crippen molar-refractivity contribution in [3.05, 3.63) is 35.4 Å². The van der Waals surface area contributed by atoms with Gasteiger partial charge in [0.1, 0.15) is 0 Å². The molecular weight excluding hydrogens is 226 g/mol. The average molecular weight is 240 g/mol. The van der Waals surface area contributed by atoms with Gasteiger partial charge in [0.25, 0.3) is 0 Å². The van der Waals surface area contributed by atoms with Crippen LogP contribution < -0.4 is 5.73 Å². The second kappa shape index (κ2) is 6.18. The van der Waals surface area contributed by atoms with E-state index in [0.29, 0.717) is 17.1 Å². The van der Waals surface area contributed by atoms with Crippen LogP contribution in [-0.2, 0) is 4.74 Å². The number of nitrogens with two attached hydrogens (primary N) is 1. The lowest BCUT2D eigenvalue weighted by molar-refractivity contribution is 0.0601. The van der Waals surface area contributed by atoms with Crippen LogP contribution >= 0.6 is 11.6 Å². The lowest BCUT2D eigenvalue weighted by Gasteiger charge is -2.03. The monoisotopic (exact) mass is 239 g/mol. The fourth-order valence-corrected chi connectivity index (χ4v) is 1.37. The van der Waals surface area contributed by atoms with Crippen LogP contribution in [0.4, 0.5) is 5.69 Å². The topological polar surface area (TPSA) is 52.3 Å². The molecule has 0 unspecified atom stereocenters.